The Morgan fingerprint density at radius 2 is 1.72 bits per heavy atom. The minimum atomic E-state index is -3.63. The summed E-state index contributed by atoms with van der Waals surface area (Å²) in [6.45, 7) is 4.03. The van der Waals surface area contributed by atoms with Crippen LogP contribution in [0.15, 0.2) is 65.8 Å². The van der Waals surface area contributed by atoms with Crippen molar-refractivity contribution in [2.75, 3.05) is 17.8 Å². The maximum Gasteiger partial charge on any atom is 0.261 e. The van der Waals surface area contributed by atoms with Gasteiger partial charge in [-0.2, -0.15) is 0 Å². The highest BCUT2D eigenvalue weighted by Crippen LogP contribution is 2.38. The molecule has 6 nitrogen and oxygen atoms in total. The number of anilines is 1. The van der Waals surface area contributed by atoms with Crippen molar-refractivity contribution in [2.45, 2.75) is 30.6 Å². The summed E-state index contributed by atoms with van der Waals surface area (Å²) in [6.07, 6.45) is 3.89. The van der Waals surface area contributed by atoms with E-state index in [9.17, 15) is 8.42 Å². The molecule has 4 aromatic rings. The lowest BCUT2D eigenvalue weighted by Gasteiger charge is -2.21. The fourth-order valence-electron chi connectivity index (χ4n) is 4.01. The van der Waals surface area contributed by atoms with Gasteiger partial charge in [-0.1, -0.05) is 29.8 Å². The zero-order chi connectivity index (χ0) is 22.1. The third-order valence-corrected chi connectivity index (χ3v) is 8.50. The summed E-state index contributed by atoms with van der Waals surface area (Å²) in [4.78, 5) is 10.6. The second-order valence-electron chi connectivity index (χ2n) is 8.11. The van der Waals surface area contributed by atoms with E-state index in [4.69, 9.17) is 0 Å². The molecule has 164 valence electrons. The first-order chi connectivity index (χ1) is 15.5. The average Bonchev–Trinajstić information content (AvgIpc) is 3.25. The fourth-order valence-corrected chi connectivity index (χ4v) is 6.36. The van der Waals surface area contributed by atoms with Gasteiger partial charge in [-0.15, -0.1) is 11.3 Å². The van der Waals surface area contributed by atoms with Crippen LogP contribution in [0.25, 0.3) is 21.5 Å². The van der Waals surface area contributed by atoms with Gasteiger partial charge in [0.15, 0.2) is 0 Å². The summed E-state index contributed by atoms with van der Waals surface area (Å²) in [5.41, 5.74) is 4.32. The van der Waals surface area contributed by atoms with Crippen LogP contribution in [0.1, 0.15) is 29.2 Å². The third kappa shape index (κ3) is 4.26. The number of aryl methyl sites for hydroxylation is 1. The lowest BCUT2D eigenvalue weighted by atomic mass is 9.96. The fraction of sp³-hybridized carbons (Fsp3) is 0.250. The van der Waals surface area contributed by atoms with Gasteiger partial charge in [0.25, 0.3) is 10.0 Å². The topological polar surface area (TPSA) is 84.0 Å². The summed E-state index contributed by atoms with van der Waals surface area (Å²) < 4.78 is 29.1. The van der Waals surface area contributed by atoms with E-state index < -0.39 is 10.0 Å². The minimum Gasteiger partial charge on any atom is -0.317 e. The monoisotopic (exact) mass is 464 g/mol. The molecule has 8 heteroatoms. The van der Waals surface area contributed by atoms with Gasteiger partial charge in [-0.25, -0.2) is 18.4 Å². The van der Waals surface area contributed by atoms with Gasteiger partial charge in [-0.3, -0.25) is 4.72 Å². The van der Waals surface area contributed by atoms with E-state index in [1.54, 1.807) is 54.1 Å². The van der Waals surface area contributed by atoms with Crippen molar-refractivity contribution in [3.8, 4) is 11.3 Å². The zero-order valence-electron chi connectivity index (χ0n) is 17.7. The number of nitrogens with one attached hydrogen (secondary N) is 2. The van der Waals surface area contributed by atoms with Crippen molar-refractivity contribution in [3.05, 3.63) is 71.4 Å². The Balaban J connectivity index is 1.41. The molecule has 1 aliphatic rings. The second-order valence-corrected chi connectivity index (χ2v) is 10.9. The molecule has 1 fully saturated rings. The molecule has 0 spiro atoms. The molecule has 2 aromatic heterocycles. The van der Waals surface area contributed by atoms with Gasteiger partial charge in [0, 0.05) is 16.1 Å². The third-order valence-electron chi connectivity index (χ3n) is 5.81. The van der Waals surface area contributed by atoms with Crippen molar-refractivity contribution in [3.63, 3.8) is 0 Å². The molecule has 3 heterocycles. The highest BCUT2D eigenvalue weighted by molar-refractivity contribution is 7.92. The van der Waals surface area contributed by atoms with Gasteiger partial charge < -0.3 is 5.32 Å². The molecule has 0 radical (unpaired) electrons. The van der Waals surface area contributed by atoms with Crippen molar-refractivity contribution in [2.24, 2.45) is 0 Å². The molecule has 0 atom stereocenters. The van der Waals surface area contributed by atoms with Gasteiger partial charge in [-0.05, 0) is 69.1 Å². The van der Waals surface area contributed by atoms with Crippen LogP contribution in [0.5, 0.6) is 0 Å². The SMILES string of the molecule is Cc1ccc(S(=O)(=O)Nc2ccc(-c3ncnc4cc(C5CCNCC5)sc34)cc2)cc1. The van der Waals surface area contributed by atoms with Crippen LogP contribution in [0.4, 0.5) is 5.69 Å². The molecule has 0 amide bonds. The first-order valence-corrected chi connectivity index (χ1v) is 12.9. The van der Waals surface area contributed by atoms with Crippen LogP contribution < -0.4 is 10.0 Å². The number of benzene rings is 2. The van der Waals surface area contributed by atoms with Crippen LogP contribution >= 0.6 is 11.3 Å². The molecular formula is C24H24N4O2S2. The smallest absolute Gasteiger partial charge is 0.261 e. The Labute approximate surface area is 191 Å². The maximum atomic E-state index is 12.7. The highest BCUT2D eigenvalue weighted by atomic mass is 32.2. The summed E-state index contributed by atoms with van der Waals surface area (Å²) in [5, 5.41) is 3.42. The Hall–Kier alpha value is -2.81. The van der Waals surface area contributed by atoms with E-state index in [-0.39, 0.29) is 4.90 Å². The normalized spacial score (nSPS) is 15.2. The standard InChI is InChI=1S/C24H24N4O2S2/c1-16-2-8-20(9-3-16)32(29,30)28-19-6-4-18(5-7-19)23-24-21(26-15-27-23)14-22(31-24)17-10-12-25-13-11-17/h2-9,14-15,17,25,28H,10-13H2,1H3. The number of thiophene rings is 1. The number of hydrogen-bond acceptors (Lipinski definition) is 6. The Bertz CT molecular complexity index is 1340. The van der Waals surface area contributed by atoms with Crippen LogP contribution in [-0.4, -0.2) is 31.5 Å². The van der Waals surface area contributed by atoms with Gasteiger partial charge in [0.05, 0.1) is 20.8 Å². The van der Waals surface area contributed by atoms with Crippen molar-refractivity contribution >= 4 is 37.3 Å². The molecule has 1 saturated heterocycles. The molecule has 2 N–H and O–H groups in total. The molecule has 5 rings (SSSR count). The van der Waals surface area contributed by atoms with E-state index in [1.165, 1.54) is 4.88 Å². The largest absolute Gasteiger partial charge is 0.317 e. The second kappa shape index (κ2) is 8.61. The van der Waals surface area contributed by atoms with Crippen LogP contribution in [0, 0.1) is 6.92 Å². The van der Waals surface area contributed by atoms with E-state index in [1.807, 2.05) is 19.1 Å². The minimum absolute atomic E-state index is 0.244. The lowest BCUT2D eigenvalue weighted by Crippen LogP contribution is -2.26. The lowest BCUT2D eigenvalue weighted by molar-refractivity contribution is 0.465. The quantitative estimate of drug-likeness (QED) is 0.437. The molecule has 2 aromatic carbocycles. The number of nitrogens with zero attached hydrogens (tertiary/aromatic N) is 2. The molecule has 0 unspecified atom stereocenters. The predicted molar refractivity (Wildman–Crippen MR) is 130 cm³/mol. The van der Waals surface area contributed by atoms with Crippen LogP contribution in [-0.2, 0) is 10.0 Å². The highest BCUT2D eigenvalue weighted by Gasteiger charge is 2.20. The van der Waals surface area contributed by atoms with Gasteiger partial charge in [0.2, 0.25) is 0 Å². The number of aromatic nitrogens is 2. The first-order valence-electron chi connectivity index (χ1n) is 10.6. The van der Waals surface area contributed by atoms with Crippen LogP contribution in [0.2, 0.25) is 0 Å². The molecule has 0 aliphatic carbocycles. The van der Waals surface area contributed by atoms with Crippen molar-refractivity contribution in [1.29, 1.82) is 0 Å². The van der Waals surface area contributed by atoms with E-state index >= 15 is 0 Å². The Morgan fingerprint density at radius 3 is 2.44 bits per heavy atom. The number of rotatable bonds is 5. The van der Waals surface area contributed by atoms with E-state index in [0.717, 1.165) is 53.0 Å². The predicted octanol–water partition coefficient (Wildman–Crippen LogP) is 4.93. The summed E-state index contributed by atoms with van der Waals surface area (Å²) in [5.74, 6) is 0.571. The number of piperidine rings is 1. The van der Waals surface area contributed by atoms with E-state index in [0.29, 0.717) is 11.6 Å². The molecule has 1 aliphatic heterocycles. The summed E-state index contributed by atoms with van der Waals surface area (Å²) in [7, 11) is -3.63. The first kappa shape index (κ1) is 21.1. The molecule has 32 heavy (non-hydrogen) atoms. The summed E-state index contributed by atoms with van der Waals surface area (Å²) >= 11 is 1.77. The molecule has 0 saturated carbocycles. The maximum absolute atomic E-state index is 12.7. The number of sulfonamides is 1. The Morgan fingerprint density at radius 1 is 1.00 bits per heavy atom. The summed E-state index contributed by atoms with van der Waals surface area (Å²) in [6, 6.07) is 16.4. The number of hydrogen-bond donors (Lipinski definition) is 2. The van der Waals surface area contributed by atoms with Gasteiger partial charge in [0.1, 0.15) is 6.33 Å². The van der Waals surface area contributed by atoms with Crippen molar-refractivity contribution in [1.82, 2.24) is 15.3 Å². The van der Waals surface area contributed by atoms with Gasteiger partial charge >= 0.3 is 0 Å². The number of fused-ring (bicyclic) bond motifs is 1. The van der Waals surface area contributed by atoms with E-state index in [2.05, 4.69) is 26.1 Å². The molecular weight excluding hydrogens is 440 g/mol. The Kier molecular flexibility index (Phi) is 5.67. The zero-order valence-corrected chi connectivity index (χ0v) is 19.3. The van der Waals surface area contributed by atoms with Crippen molar-refractivity contribution < 1.29 is 8.42 Å². The molecule has 0 bridgehead atoms. The van der Waals surface area contributed by atoms with Crippen LogP contribution in [0.3, 0.4) is 0 Å². The average molecular weight is 465 g/mol.